The summed E-state index contributed by atoms with van der Waals surface area (Å²) in [6.07, 6.45) is 1.05. The minimum absolute atomic E-state index is 0.0316. The molecular weight excluding hydrogens is 484 g/mol. The van der Waals surface area contributed by atoms with Crippen LogP contribution in [0.15, 0.2) is 57.9 Å². The van der Waals surface area contributed by atoms with Gasteiger partial charge in [-0.1, -0.05) is 33.6 Å². The van der Waals surface area contributed by atoms with Crippen molar-refractivity contribution >= 4 is 43.5 Å². The van der Waals surface area contributed by atoms with E-state index < -0.39 is 27.9 Å². The fourth-order valence-electron chi connectivity index (χ4n) is 3.93. The summed E-state index contributed by atoms with van der Waals surface area (Å²) in [5.74, 6) is -0.949. The number of carbonyl (C=O) groups excluding carboxylic acids is 2. The zero-order chi connectivity index (χ0) is 22.2. The molecule has 2 heterocycles. The lowest BCUT2D eigenvalue weighted by atomic mass is 10.2. The van der Waals surface area contributed by atoms with Crippen LogP contribution in [0.1, 0.15) is 24.8 Å². The number of halogens is 1. The minimum atomic E-state index is -4.02. The number of sulfonamides is 1. The third-order valence-electron chi connectivity index (χ3n) is 5.59. The Kier molecular flexibility index (Phi) is 6.30. The van der Waals surface area contributed by atoms with Crippen molar-refractivity contribution in [1.29, 1.82) is 0 Å². The normalized spacial score (nSPS) is 22.0. The van der Waals surface area contributed by atoms with Gasteiger partial charge in [-0.2, -0.15) is 4.31 Å². The van der Waals surface area contributed by atoms with Crippen LogP contribution in [0.4, 0.5) is 5.69 Å². The first kappa shape index (κ1) is 22.1. The van der Waals surface area contributed by atoms with Gasteiger partial charge in [0.2, 0.25) is 15.9 Å². The number of hydrogen-bond donors (Lipinski definition) is 0. The molecule has 7 nitrogen and oxygen atoms in total. The molecule has 2 saturated heterocycles. The van der Waals surface area contributed by atoms with Crippen LogP contribution in [0, 0.1) is 6.92 Å². The average molecular weight is 507 g/mol. The van der Waals surface area contributed by atoms with Crippen molar-refractivity contribution in [3.63, 3.8) is 0 Å². The van der Waals surface area contributed by atoms with Gasteiger partial charge >= 0.3 is 0 Å². The fraction of sp³-hybridized carbons (Fsp3) is 0.364. The molecule has 2 aliphatic heterocycles. The first-order valence-corrected chi connectivity index (χ1v) is 12.3. The van der Waals surface area contributed by atoms with Crippen LogP contribution in [-0.2, 0) is 24.3 Å². The smallest absolute Gasteiger partial charge is 0.252 e. The second-order valence-electron chi connectivity index (χ2n) is 7.79. The molecule has 4 rings (SSSR count). The van der Waals surface area contributed by atoms with Crippen molar-refractivity contribution in [1.82, 2.24) is 4.31 Å². The Morgan fingerprint density at radius 2 is 1.77 bits per heavy atom. The van der Waals surface area contributed by atoms with E-state index >= 15 is 0 Å². The van der Waals surface area contributed by atoms with Gasteiger partial charge in [0.15, 0.2) is 0 Å². The van der Waals surface area contributed by atoms with Gasteiger partial charge in [-0.15, -0.1) is 0 Å². The van der Waals surface area contributed by atoms with Crippen molar-refractivity contribution < 1.29 is 22.7 Å². The standard InChI is InChI=1S/C22H23BrN2O5S/c1-15-4-8-17(9-5-15)25-21(26)13-20(22(25)27)24(14-18-3-2-12-30-18)31(28,29)19-10-6-16(23)7-11-19/h4-11,18,20H,2-3,12-14H2,1H3. The maximum absolute atomic E-state index is 13.5. The molecule has 2 aromatic carbocycles. The van der Waals surface area contributed by atoms with Gasteiger partial charge in [-0.05, 0) is 56.2 Å². The second kappa shape index (κ2) is 8.82. The molecule has 0 spiro atoms. The van der Waals surface area contributed by atoms with Crippen molar-refractivity contribution in [3.05, 3.63) is 58.6 Å². The number of nitrogens with zero attached hydrogens (tertiary/aromatic N) is 2. The summed E-state index contributed by atoms with van der Waals surface area (Å²) in [6, 6.07) is 12.2. The van der Waals surface area contributed by atoms with E-state index in [1.54, 1.807) is 24.3 Å². The van der Waals surface area contributed by atoms with E-state index in [1.807, 2.05) is 19.1 Å². The predicted octanol–water partition coefficient (Wildman–Crippen LogP) is 3.26. The van der Waals surface area contributed by atoms with Crippen LogP contribution in [0.25, 0.3) is 0 Å². The van der Waals surface area contributed by atoms with E-state index in [-0.39, 0.29) is 24.0 Å². The largest absolute Gasteiger partial charge is 0.377 e. The van der Waals surface area contributed by atoms with Gasteiger partial charge in [0.1, 0.15) is 6.04 Å². The highest BCUT2D eigenvalue weighted by Gasteiger charge is 2.47. The Labute approximate surface area is 190 Å². The number of carbonyl (C=O) groups is 2. The topological polar surface area (TPSA) is 84.0 Å². The van der Waals surface area contributed by atoms with E-state index in [1.165, 1.54) is 12.1 Å². The summed E-state index contributed by atoms with van der Waals surface area (Å²) in [7, 11) is -4.02. The van der Waals surface area contributed by atoms with E-state index in [0.29, 0.717) is 18.7 Å². The molecular formula is C22H23BrN2O5S. The summed E-state index contributed by atoms with van der Waals surface area (Å²) in [6.45, 7) is 2.50. The van der Waals surface area contributed by atoms with Crippen LogP contribution in [0.3, 0.4) is 0 Å². The molecule has 0 N–H and O–H groups in total. The summed E-state index contributed by atoms with van der Waals surface area (Å²) < 4.78 is 34.6. The quantitative estimate of drug-likeness (QED) is 0.561. The highest BCUT2D eigenvalue weighted by molar-refractivity contribution is 9.10. The van der Waals surface area contributed by atoms with Crippen LogP contribution in [0.2, 0.25) is 0 Å². The SMILES string of the molecule is Cc1ccc(N2C(=O)CC(N(CC3CCCO3)S(=O)(=O)c3ccc(Br)cc3)C2=O)cc1. The minimum Gasteiger partial charge on any atom is -0.377 e. The molecule has 2 aliphatic rings. The molecule has 0 bridgehead atoms. The lowest BCUT2D eigenvalue weighted by molar-refractivity contribution is -0.122. The number of amides is 2. The molecule has 164 valence electrons. The molecule has 2 unspecified atom stereocenters. The summed E-state index contributed by atoms with van der Waals surface area (Å²) >= 11 is 3.31. The highest BCUT2D eigenvalue weighted by Crippen LogP contribution is 2.31. The van der Waals surface area contributed by atoms with Gasteiger partial charge in [0, 0.05) is 17.6 Å². The number of rotatable bonds is 6. The predicted molar refractivity (Wildman–Crippen MR) is 119 cm³/mol. The van der Waals surface area contributed by atoms with Gasteiger partial charge in [0.25, 0.3) is 5.91 Å². The van der Waals surface area contributed by atoms with Crippen LogP contribution in [-0.4, -0.2) is 49.8 Å². The number of hydrogen-bond acceptors (Lipinski definition) is 5. The van der Waals surface area contributed by atoms with Crippen molar-refractivity contribution in [2.45, 2.75) is 43.2 Å². The van der Waals surface area contributed by atoms with Crippen molar-refractivity contribution in [2.75, 3.05) is 18.1 Å². The van der Waals surface area contributed by atoms with E-state index in [2.05, 4.69) is 15.9 Å². The van der Waals surface area contributed by atoms with Crippen molar-refractivity contribution in [2.24, 2.45) is 0 Å². The Balaban J connectivity index is 1.69. The zero-order valence-electron chi connectivity index (χ0n) is 17.0. The number of aryl methyl sites for hydroxylation is 1. The zero-order valence-corrected chi connectivity index (χ0v) is 19.4. The maximum Gasteiger partial charge on any atom is 0.252 e. The monoisotopic (exact) mass is 506 g/mol. The molecule has 2 atom stereocenters. The number of imide groups is 1. The average Bonchev–Trinajstić information content (AvgIpc) is 3.35. The van der Waals surface area contributed by atoms with Crippen LogP contribution < -0.4 is 4.90 Å². The first-order valence-electron chi connectivity index (χ1n) is 10.1. The third-order valence-corrected chi connectivity index (χ3v) is 8.01. The molecule has 0 aliphatic carbocycles. The van der Waals surface area contributed by atoms with E-state index in [0.717, 1.165) is 25.7 Å². The lowest BCUT2D eigenvalue weighted by Crippen LogP contribution is -2.48. The summed E-state index contributed by atoms with van der Waals surface area (Å²) in [5.41, 5.74) is 1.44. The number of benzene rings is 2. The molecule has 0 radical (unpaired) electrons. The number of ether oxygens (including phenoxy) is 1. The molecule has 2 aromatic rings. The van der Waals surface area contributed by atoms with Crippen LogP contribution >= 0.6 is 15.9 Å². The van der Waals surface area contributed by atoms with Crippen LogP contribution in [0.5, 0.6) is 0 Å². The maximum atomic E-state index is 13.5. The van der Waals surface area contributed by atoms with Gasteiger partial charge in [-0.3, -0.25) is 9.59 Å². The molecule has 0 saturated carbocycles. The molecule has 2 fully saturated rings. The highest BCUT2D eigenvalue weighted by atomic mass is 79.9. The number of anilines is 1. The Bertz CT molecular complexity index is 1080. The molecule has 31 heavy (non-hydrogen) atoms. The summed E-state index contributed by atoms with van der Waals surface area (Å²) in [5, 5.41) is 0. The lowest BCUT2D eigenvalue weighted by Gasteiger charge is -2.29. The Morgan fingerprint density at radius 3 is 2.39 bits per heavy atom. The fourth-order valence-corrected chi connectivity index (χ4v) is 5.81. The Morgan fingerprint density at radius 1 is 1.10 bits per heavy atom. The van der Waals surface area contributed by atoms with E-state index in [9.17, 15) is 18.0 Å². The van der Waals surface area contributed by atoms with Gasteiger partial charge in [0.05, 0.1) is 23.1 Å². The summed E-state index contributed by atoms with van der Waals surface area (Å²) in [4.78, 5) is 27.2. The first-order chi connectivity index (χ1) is 14.8. The van der Waals surface area contributed by atoms with Crippen molar-refractivity contribution in [3.8, 4) is 0 Å². The second-order valence-corrected chi connectivity index (χ2v) is 10.6. The van der Waals surface area contributed by atoms with E-state index in [4.69, 9.17) is 4.74 Å². The molecule has 0 aromatic heterocycles. The molecule has 2 amide bonds. The van der Waals surface area contributed by atoms with Gasteiger partial charge in [-0.25, -0.2) is 13.3 Å². The Hall–Kier alpha value is -2.07. The molecule has 9 heteroatoms. The third kappa shape index (κ3) is 4.45. The van der Waals surface area contributed by atoms with Gasteiger partial charge < -0.3 is 4.74 Å².